The maximum atomic E-state index is 12.5. The number of aliphatic carboxylic acids is 1. The summed E-state index contributed by atoms with van der Waals surface area (Å²) in [5.41, 5.74) is 2.29. The number of carboxylic acid groups (broad SMARTS) is 1. The highest BCUT2D eigenvalue weighted by molar-refractivity contribution is 5.88. The third kappa shape index (κ3) is 4.14. The normalized spacial score (nSPS) is 12.0. The predicted octanol–water partition coefficient (Wildman–Crippen LogP) is 2.90. The average Bonchev–Trinajstić information content (AvgIpc) is 2.90. The fraction of sp³-hybridized carbons (Fsp3) is 0.286. The first-order valence-corrected chi connectivity index (χ1v) is 8.98. The number of nitrogens with one attached hydrogen (secondary N) is 1. The van der Waals surface area contributed by atoms with Gasteiger partial charge in [-0.05, 0) is 30.2 Å². The molecule has 0 fully saturated rings. The zero-order valence-electron chi connectivity index (χ0n) is 16.1. The van der Waals surface area contributed by atoms with Crippen LogP contribution in [-0.4, -0.2) is 33.4 Å². The van der Waals surface area contributed by atoms with Crippen molar-refractivity contribution < 1.29 is 19.4 Å². The average molecular weight is 381 g/mol. The molecule has 1 amide bonds. The maximum absolute atomic E-state index is 12.5. The van der Waals surface area contributed by atoms with E-state index in [1.165, 1.54) is 0 Å². The molecule has 0 saturated carbocycles. The van der Waals surface area contributed by atoms with Crippen LogP contribution in [-0.2, 0) is 16.6 Å². The highest BCUT2D eigenvalue weighted by Gasteiger charge is 2.21. The zero-order valence-corrected chi connectivity index (χ0v) is 16.1. The predicted molar refractivity (Wildman–Crippen MR) is 105 cm³/mol. The van der Waals surface area contributed by atoms with Gasteiger partial charge in [0.2, 0.25) is 0 Å². The number of aromatic nitrogens is 2. The van der Waals surface area contributed by atoms with Crippen molar-refractivity contribution in [2.45, 2.75) is 26.3 Å². The molecule has 7 nitrogen and oxygen atoms in total. The Labute approximate surface area is 162 Å². The van der Waals surface area contributed by atoms with Crippen LogP contribution in [0, 0.1) is 13.8 Å². The van der Waals surface area contributed by atoms with Crippen molar-refractivity contribution in [2.75, 3.05) is 6.61 Å². The van der Waals surface area contributed by atoms with Crippen LogP contribution < -0.4 is 10.1 Å². The van der Waals surface area contributed by atoms with Crippen molar-refractivity contribution >= 4 is 22.6 Å². The van der Waals surface area contributed by atoms with Crippen LogP contribution >= 0.6 is 0 Å². The second kappa shape index (κ2) is 8.12. The van der Waals surface area contributed by atoms with Gasteiger partial charge in [-0.1, -0.05) is 42.5 Å². The summed E-state index contributed by atoms with van der Waals surface area (Å²) in [6.45, 7) is 3.45. The van der Waals surface area contributed by atoms with Crippen LogP contribution in [0.2, 0.25) is 0 Å². The molecule has 1 aromatic heterocycles. The summed E-state index contributed by atoms with van der Waals surface area (Å²) >= 11 is 0. The second-order valence-electron chi connectivity index (χ2n) is 6.70. The van der Waals surface area contributed by atoms with E-state index in [9.17, 15) is 14.7 Å². The molecular formula is C21H23N3O4. The fourth-order valence-electron chi connectivity index (χ4n) is 3.30. The lowest BCUT2D eigenvalue weighted by molar-refractivity contribution is -0.137. The first-order chi connectivity index (χ1) is 13.4. The van der Waals surface area contributed by atoms with Crippen molar-refractivity contribution in [1.82, 2.24) is 15.1 Å². The van der Waals surface area contributed by atoms with Gasteiger partial charge in [-0.15, -0.1) is 0 Å². The fourth-order valence-corrected chi connectivity index (χ4v) is 3.30. The smallest absolute Gasteiger partial charge is 0.305 e. The SMILES string of the molecule is Cc1nn(C)c(C)c1OCC(=O)N[C@H](CC(=O)O)c1cccc2ccccc12. The molecule has 0 bridgehead atoms. The van der Waals surface area contributed by atoms with Gasteiger partial charge in [0, 0.05) is 7.05 Å². The number of aryl methyl sites for hydroxylation is 2. The van der Waals surface area contributed by atoms with Crippen LogP contribution in [0.4, 0.5) is 0 Å². The van der Waals surface area contributed by atoms with E-state index in [1.807, 2.05) is 56.3 Å². The third-order valence-electron chi connectivity index (χ3n) is 4.70. The van der Waals surface area contributed by atoms with Crippen LogP contribution in [0.3, 0.4) is 0 Å². The van der Waals surface area contributed by atoms with Gasteiger partial charge in [0.1, 0.15) is 5.69 Å². The van der Waals surface area contributed by atoms with Gasteiger partial charge in [0.15, 0.2) is 12.4 Å². The summed E-state index contributed by atoms with van der Waals surface area (Å²) in [7, 11) is 1.80. The molecule has 0 unspecified atom stereocenters. The van der Waals surface area contributed by atoms with Gasteiger partial charge in [-0.25, -0.2) is 0 Å². The van der Waals surface area contributed by atoms with E-state index in [0.717, 1.165) is 22.0 Å². The number of nitrogens with zero attached hydrogens (tertiary/aromatic N) is 2. The largest absolute Gasteiger partial charge is 0.481 e. The number of amides is 1. The molecule has 2 aromatic carbocycles. The monoisotopic (exact) mass is 381 g/mol. The molecule has 7 heteroatoms. The van der Waals surface area contributed by atoms with E-state index in [-0.39, 0.29) is 18.9 Å². The van der Waals surface area contributed by atoms with E-state index in [1.54, 1.807) is 11.7 Å². The summed E-state index contributed by atoms with van der Waals surface area (Å²) < 4.78 is 7.32. The second-order valence-corrected chi connectivity index (χ2v) is 6.70. The van der Waals surface area contributed by atoms with Crippen molar-refractivity contribution in [3.8, 4) is 5.75 Å². The standard InChI is InChI=1S/C21H23N3O4/c1-13-21(14(2)24(3)23-13)28-12-19(25)22-18(11-20(26)27)17-10-6-8-15-7-4-5-9-16(15)17/h4-10,18H,11-12H2,1-3H3,(H,22,25)(H,26,27)/t18-/m1/s1. The number of fused-ring (bicyclic) bond motifs is 1. The summed E-state index contributed by atoms with van der Waals surface area (Å²) in [5.74, 6) is -0.808. The van der Waals surface area contributed by atoms with Gasteiger partial charge < -0.3 is 15.2 Å². The molecule has 28 heavy (non-hydrogen) atoms. The van der Waals surface area contributed by atoms with E-state index >= 15 is 0 Å². The number of carbonyl (C=O) groups is 2. The number of benzene rings is 2. The number of ether oxygens (including phenoxy) is 1. The molecule has 0 aliphatic heterocycles. The number of hydrogen-bond acceptors (Lipinski definition) is 4. The minimum absolute atomic E-state index is 0.214. The van der Waals surface area contributed by atoms with Gasteiger partial charge in [-0.2, -0.15) is 5.10 Å². The lowest BCUT2D eigenvalue weighted by Gasteiger charge is -2.19. The van der Waals surface area contributed by atoms with Crippen molar-refractivity contribution in [3.05, 3.63) is 59.4 Å². The van der Waals surface area contributed by atoms with E-state index in [4.69, 9.17) is 4.74 Å². The lowest BCUT2D eigenvalue weighted by Crippen LogP contribution is -2.34. The lowest BCUT2D eigenvalue weighted by atomic mass is 9.96. The van der Waals surface area contributed by atoms with Crippen molar-refractivity contribution in [3.63, 3.8) is 0 Å². The molecular weight excluding hydrogens is 358 g/mol. The molecule has 3 aromatic rings. The Bertz CT molecular complexity index is 1020. The molecule has 0 radical (unpaired) electrons. The van der Waals surface area contributed by atoms with Gasteiger partial charge in [0.05, 0.1) is 18.2 Å². The van der Waals surface area contributed by atoms with Gasteiger partial charge in [0.25, 0.3) is 5.91 Å². The first kappa shape index (κ1) is 19.4. The van der Waals surface area contributed by atoms with E-state index < -0.39 is 12.0 Å². The van der Waals surface area contributed by atoms with Gasteiger partial charge in [-0.3, -0.25) is 14.3 Å². The maximum Gasteiger partial charge on any atom is 0.305 e. The number of carboxylic acids is 1. The van der Waals surface area contributed by atoms with Crippen molar-refractivity contribution in [1.29, 1.82) is 0 Å². The quantitative estimate of drug-likeness (QED) is 0.656. The molecule has 0 aliphatic carbocycles. The molecule has 1 atom stereocenters. The molecule has 0 saturated heterocycles. The highest BCUT2D eigenvalue weighted by Crippen LogP contribution is 2.27. The van der Waals surface area contributed by atoms with E-state index in [0.29, 0.717) is 11.4 Å². The van der Waals surface area contributed by atoms with Crippen LogP contribution in [0.5, 0.6) is 5.75 Å². The van der Waals surface area contributed by atoms with Gasteiger partial charge >= 0.3 is 5.97 Å². The highest BCUT2D eigenvalue weighted by atomic mass is 16.5. The van der Waals surface area contributed by atoms with Crippen LogP contribution in [0.25, 0.3) is 10.8 Å². The Kier molecular flexibility index (Phi) is 5.63. The molecule has 2 N–H and O–H groups in total. The summed E-state index contributed by atoms with van der Waals surface area (Å²) in [6.07, 6.45) is -0.218. The molecule has 3 rings (SSSR count). The molecule has 0 spiro atoms. The Morgan fingerprint density at radius 1 is 1.18 bits per heavy atom. The number of carbonyl (C=O) groups excluding carboxylic acids is 1. The molecule has 146 valence electrons. The minimum Gasteiger partial charge on any atom is -0.481 e. The van der Waals surface area contributed by atoms with Crippen LogP contribution in [0.15, 0.2) is 42.5 Å². The number of hydrogen-bond donors (Lipinski definition) is 2. The van der Waals surface area contributed by atoms with Crippen LogP contribution in [0.1, 0.15) is 29.4 Å². The molecule has 0 aliphatic rings. The topological polar surface area (TPSA) is 93.5 Å². The Balaban J connectivity index is 1.79. The first-order valence-electron chi connectivity index (χ1n) is 8.98. The Hall–Kier alpha value is -3.35. The summed E-state index contributed by atoms with van der Waals surface area (Å²) in [5, 5.41) is 18.3. The molecule has 1 heterocycles. The summed E-state index contributed by atoms with van der Waals surface area (Å²) in [4.78, 5) is 23.9. The summed E-state index contributed by atoms with van der Waals surface area (Å²) in [6, 6.07) is 12.7. The van der Waals surface area contributed by atoms with E-state index in [2.05, 4.69) is 10.4 Å². The minimum atomic E-state index is -0.988. The zero-order chi connectivity index (χ0) is 20.3. The van der Waals surface area contributed by atoms with Crippen molar-refractivity contribution in [2.24, 2.45) is 7.05 Å². The Morgan fingerprint density at radius 3 is 2.57 bits per heavy atom. The third-order valence-corrected chi connectivity index (χ3v) is 4.70. The Morgan fingerprint density at radius 2 is 1.89 bits per heavy atom. The number of rotatable bonds is 7.